The molecule has 0 bridgehead atoms. The molecule has 45 heavy (non-hydrogen) atoms. The van der Waals surface area contributed by atoms with E-state index in [1.54, 1.807) is 33.9 Å². The number of fused-ring (bicyclic) bond motifs is 1. The van der Waals surface area contributed by atoms with Gasteiger partial charge in [0, 0.05) is 36.1 Å². The first kappa shape index (κ1) is 35.5. The van der Waals surface area contributed by atoms with Gasteiger partial charge in [-0.1, -0.05) is 52.8 Å². The zero-order valence-electron chi connectivity index (χ0n) is 27.1. The highest BCUT2D eigenvalue weighted by Gasteiger charge is 2.40. The summed E-state index contributed by atoms with van der Waals surface area (Å²) in [5.74, 6) is -3.37. The van der Waals surface area contributed by atoms with E-state index in [0.29, 0.717) is 19.4 Å². The number of carboxylic acid groups (broad SMARTS) is 1. The minimum Gasteiger partial charge on any atom is -0.480 e. The Bertz CT molecular complexity index is 1380. The quantitative estimate of drug-likeness (QED) is 0.170. The Balaban J connectivity index is 1.90. The van der Waals surface area contributed by atoms with Crippen molar-refractivity contribution in [3.63, 3.8) is 0 Å². The van der Waals surface area contributed by atoms with E-state index in [4.69, 9.17) is 11.5 Å². The minimum atomic E-state index is -1.17. The predicted molar refractivity (Wildman–Crippen MR) is 171 cm³/mol. The van der Waals surface area contributed by atoms with Crippen LogP contribution in [0.25, 0.3) is 10.9 Å². The van der Waals surface area contributed by atoms with Crippen molar-refractivity contribution >= 4 is 40.5 Å². The predicted octanol–water partition coefficient (Wildman–Crippen LogP) is 1.01. The maximum Gasteiger partial charge on any atom is 0.326 e. The van der Waals surface area contributed by atoms with E-state index in [0.717, 1.165) is 16.5 Å². The molecule has 6 atom stereocenters. The first-order valence-corrected chi connectivity index (χ1v) is 15.5. The molecule has 2 heterocycles. The summed E-state index contributed by atoms with van der Waals surface area (Å²) in [4.78, 5) is 70.6. The van der Waals surface area contributed by atoms with Gasteiger partial charge < -0.3 is 42.4 Å². The van der Waals surface area contributed by atoms with Crippen molar-refractivity contribution in [2.24, 2.45) is 22.8 Å². The van der Waals surface area contributed by atoms with Crippen molar-refractivity contribution in [2.75, 3.05) is 6.54 Å². The van der Waals surface area contributed by atoms with Gasteiger partial charge in [0.2, 0.25) is 23.6 Å². The molecular formula is C32H49N7O6. The number of H-pyrrole nitrogens is 1. The highest BCUT2D eigenvalue weighted by atomic mass is 16.4. The summed E-state index contributed by atoms with van der Waals surface area (Å²) >= 11 is 0. The number of para-hydroxylation sites is 1. The SMILES string of the molecule is CC(C)C[C@H](NC(=O)C(NC(=O)[C@H](Cc1c[nH]c2ccccc12)NC(=O)[C@@H]1CCCN1C(=O)C(N)C(C)N)C(C)(C)C)C(=O)O. The van der Waals surface area contributed by atoms with Gasteiger partial charge in [0.15, 0.2) is 0 Å². The van der Waals surface area contributed by atoms with Crippen LogP contribution in [0.15, 0.2) is 30.5 Å². The number of amides is 4. The zero-order valence-corrected chi connectivity index (χ0v) is 27.1. The fraction of sp³-hybridized carbons (Fsp3) is 0.594. The second-order valence-electron chi connectivity index (χ2n) is 13.5. The number of benzene rings is 1. The van der Waals surface area contributed by atoms with Crippen LogP contribution in [-0.2, 0) is 30.4 Å². The number of likely N-dealkylation sites (tertiary alicyclic amines) is 1. The molecule has 3 rings (SSSR count). The molecule has 13 nitrogen and oxygen atoms in total. The number of rotatable bonds is 13. The molecule has 0 spiro atoms. The molecule has 4 amide bonds. The zero-order chi connectivity index (χ0) is 33.6. The number of nitrogens with zero attached hydrogens (tertiary/aromatic N) is 1. The first-order chi connectivity index (χ1) is 21.0. The minimum absolute atomic E-state index is 0.00879. The maximum absolute atomic E-state index is 14.0. The fourth-order valence-electron chi connectivity index (χ4n) is 5.58. The Morgan fingerprint density at radius 3 is 2.27 bits per heavy atom. The van der Waals surface area contributed by atoms with Gasteiger partial charge in [-0.2, -0.15) is 0 Å². The van der Waals surface area contributed by atoms with Crippen LogP contribution in [0.5, 0.6) is 0 Å². The normalized spacial score (nSPS) is 18.6. The second-order valence-corrected chi connectivity index (χ2v) is 13.5. The van der Waals surface area contributed by atoms with Gasteiger partial charge in [-0.3, -0.25) is 19.2 Å². The summed E-state index contributed by atoms with van der Waals surface area (Å²) in [7, 11) is 0. The van der Waals surface area contributed by atoms with Crippen molar-refractivity contribution < 1.29 is 29.1 Å². The molecule has 0 saturated carbocycles. The summed E-state index contributed by atoms with van der Waals surface area (Å²) in [5, 5.41) is 18.8. The number of carbonyl (C=O) groups is 5. The van der Waals surface area contributed by atoms with Gasteiger partial charge in [-0.05, 0) is 49.1 Å². The number of aromatic amines is 1. The topological polar surface area (TPSA) is 213 Å². The molecular weight excluding hydrogens is 578 g/mol. The van der Waals surface area contributed by atoms with Gasteiger partial charge in [0.25, 0.3) is 0 Å². The van der Waals surface area contributed by atoms with Crippen molar-refractivity contribution in [1.29, 1.82) is 0 Å². The lowest BCUT2D eigenvalue weighted by molar-refractivity contribution is -0.143. The second kappa shape index (κ2) is 14.9. The lowest BCUT2D eigenvalue weighted by atomic mass is 9.85. The Kier molecular flexibility index (Phi) is 11.7. The molecule has 1 saturated heterocycles. The number of carboxylic acids is 1. The molecule has 1 aromatic heterocycles. The monoisotopic (exact) mass is 627 g/mol. The van der Waals surface area contributed by atoms with E-state index >= 15 is 0 Å². The Hall–Kier alpha value is -3.97. The van der Waals surface area contributed by atoms with Crippen LogP contribution in [0.3, 0.4) is 0 Å². The number of hydrogen-bond donors (Lipinski definition) is 7. The largest absolute Gasteiger partial charge is 0.480 e. The summed E-state index contributed by atoms with van der Waals surface area (Å²) < 4.78 is 0. The molecule has 1 fully saturated rings. The first-order valence-electron chi connectivity index (χ1n) is 15.5. The third kappa shape index (κ3) is 9.04. The third-order valence-corrected chi connectivity index (χ3v) is 8.16. The Labute approximate surface area is 264 Å². The van der Waals surface area contributed by atoms with E-state index in [2.05, 4.69) is 20.9 Å². The van der Waals surface area contributed by atoms with Gasteiger partial charge in [-0.15, -0.1) is 0 Å². The summed E-state index contributed by atoms with van der Waals surface area (Å²) in [6.07, 6.45) is 3.05. The van der Waals surface area contributed by atoms with Crippen LogP contribution in [0.2, 0.25) is 0 Å². The third-order valence-electron chi connectivity index (χ3n) is 8.16. The van der Waals surface area contributed by atoms with Gasteiger partial charge >= 0.3 is 5.97 Å². The van der Waals surface area contributed by atoms with Crippen LogP contribution in [0.4, 0.5) is 0 Å². The van der Waals surface area contributed by atoms with Crippen molar-refractivity contribution in [2.45, 2.75) is 103 Å². The molecule has 2 aromatic rings. The maximum atomic E-state index is 14.0. The standard InChI is InChI=1S/C32H49N7O6/c1-17(2)14-23(31(44)45)37-29(42)26(32(4,5)6)38-27(40)22(15-19-16-35-21-11-8-7-10-20(19)21)36-28(41)24-12-9-13-39(24)30(43)25(34)18(3)33/h7-8,10-11,16-18,22-26,35H,9,12-15,33-34H2,1-6H3,(H,36,41)(H,37,42)(H,38,40)(H,44,45)/t18?,22-,23-,24-,25?,26?/m0/s1. The highest BCUT2D eigenvalue weighted by molar-refractivity contribution is 5.96. The van der Waals surface area contributed by atoms with Gasteiger partial charge in [-0.25, -0.2) is 4.79 Å². The lowest BCUT2D eigenvalue weighted by Crippen LogP contribution is -2.61. The Morgan fingerprint density at radius 2 is 1.67 bits per heavy atom. The molecule has 9 N–H and O–H groups in total. The van der Waals surface area contributed by atoms with Gasteiger partial charge in [0.1, 0.15) is 24.2 Å². The van der Waals surface area contributed by atoms with E-state index < -0.39 is 71.3 Å². The summed E-state index contributed by atoms with van der Waals surface area (Å²) in [6, 6.07) is 1.75. The fourth-order valence-corrected chi connectivity index (χ4v) is 5.58. The molecule has 13 heteroatoms. The van der Waals surface area contributed by atoms with Gasteiger partial charge in [0.05, 0.1) is 6.04 Å². The van der Waals surface area contributed by atoms with E-state index in [1.165, 1.54) is 4.90 Å². The summed E-state index contributed by atoms with van der Waals surface area (Å²) in [6.45, 7) is 10.9. The van der Waals surface area contributed by atoms with Crippen molar-refractivity contribution in [3.05, 3.63) is 36.0 Å². The molecule has 248 valence electrons. The molecule has 0 aliphatic carbocycles. The molecule has 1 aromatic carbocycles. The molecule has 3 unspecified atom stereocenters. The van der Waals surface area contributed by atoms with Crippen LogP contribution in [0, 0.1) is 11.3 Å². The van der Waals surface area contributed by atoms with E-state index in [9.17, 15) is 29.1 Å². The molecule has 1 aliphatic rings. The number of carbonyl (C=O) groups excluding carboxylic acids is 4. The van der Waals surface area contributed by atoms with Crippen molar-refractivity contribution in [1.82, 2.24) is 25.8 Å². The number of nitrogens with two attached hydrogens (primary N) is 2. The van der Waals surface area contributed by atoms with E-state index in [-0.39, 0.29) is 18.8 Å². The lowest BCUT2D eigenvalue weighted by Gasteiger charge is -2.33. The van der Waals surface area contributed by atoms with E-state index in [1.807, 2.05) is 38.1 Å². The number of aliphatic carboxylic acids is 1. The number of aromatic nitrogens is 1. The summed E-state index contributed by atoms with van der Waals surface area (Å²) in [5.41, 5.74) is 12.7. The highest BCUT2D eigenvalue weighted by Crippen LogP contribution is 2.23. The smallest absolute Gasteiger partial charge is 0.326 e. The number of nitrogens with one attached hydrogen (secondary N) is 4. The average Bonchev–Trinajstić information content (AvgIpc) is 3.61. The average molecular weight is 628 g/mol. The van der Waals surface area contributed by atoms with Crippen LogP contribution in [-0.4, -0.2) is 87.4 Å². The van der Waals surface area contributed by atoms with Crippen LogP contribution < -0.4 is 27.4 Å². The number of hydrogen-bond acceptors (Lipinski definition) is 7. The molecule has 1 aliphatic heterocycles. The molecule has 0 radical (unpaired) electrons. The van der Waals surface area contributed by atoms with Crippen molar-refractivity contribution in [3.8, 4) is 0 Å². The Morgan fingerprint density at radius 1 is 1.00 bits per heavy atom. The van der Waals surface area contributed by atoms with Crippen LogP contribution >= 0.6 is 0 Å². The van der Waals surface area contributed by atoms with Crippen LogP contribution in [0.1, 0.15) is 66.4 Å².